The SMILES string of the molecule is CCCCCCCCCC(O)C#CC1C(O)CC2=C(NOCCC(=O)O)CC21. The van der Waals surface area contributed by atoms with Crippen LogP contribution in [0.1, 0.15) is 77.6 Å². The predicted octanol–water partition coefficient (Wildman–Crippen LogP) is 3.14. The number of carbonyl (C=O) groups is 1. The van der Waals surface area contributed by atoms with Crippen molar-refractivity contribution in [2.75, 3.05) is 6.61 Å². The van der Waals surface area contributed by atoms with E-state index in [1.165, 1.54) is 32.1 Å². The largest absolute Gasteiger partial charge is 0.481 e. The second kappa shape index (κ2) is 12.1. The van der Waals surface area contributed by atoms with Gasteiger partial charge in [-0.15, -0.1) is 0 Å². The molecule has 0 aromatic heterocycles. The first-order valence-electron chi connectivity index (χ1n) is 10.7. The molecule has 0 spiro atoms. The minimum atomic E-state index is -0.896. The summed E-state index contributed by atoms with van der Waals surface area (Å²) in [4.78, 5) is 15.6. The van der Waals surface area contributed by atoms with Gasteiger partial charge in [-0.1, -0.05) is 57.3 Å². The number of unbranched alkanes of at least 4 members (excludes halogenated alkanes) is 6. The van der Waals surface area contributed by atoms with Gasteiger partial charge in [-0.2, -0.15) is 0 Å². The van der Waals surface area contributed by atoms with E-state index in [0.29, 0.717) is 12.8 Å². The van der Waals surface area contributed by atoms with Gasteiger partial charge in [0.25, 0.3) is 0 Å². The summed E-state index contributed by atoms with van der Waals surface area (Å²) in [7, 11) is 0. The highest BCUT2D eigenvalue weighted by Gasteiger charge is 2.45. The number of allylic oxidation sites excluding steroid dienone is 1. The monoisotopic (exact) mass is 393 g/mol. The van der Waals surface area contributed by atoms with E-state index in [2.05, 4.69) is 24.2 Å². The van der Waals surface area contributed by atoms with Gasteiger partial charge < -0.3 is 15.3 Å². The molecule has 0 aromatic carbocycles. The van der Waals surface area contributed by atoms with E-state index >= 15 is 0 Å². The third kappa shape index (κ3) is 7.12. The summed E-state index contributed by atoms with van der Waals surface area (Å²) in [5.74, 6) is 5.22. The Labute approximate surface area is 168 Å². The minimum absolute atomic E-state index is 0.0492. The molecule has 1 saturated carbocycles. The Balaban J connectivity index is 1.67. The number of rotatable bonds is 13. The molecule has 2 aliphatic carbocycles. The first-order chi connectivity index (χ1) is 13.5. The normalized spacial score (nSPS) is 24.2. The van der Waals surface area contributed by atoms with Gasteiger partial charge in [0.2, 0.25) is 0 Å². The topological polar surface area (TPSA) is 99.0 Å². The number of hydrogen-bond donors (Lipinski definition) is 4. The van der Waals surface area contributed by atoms with Crippen molar-refractivity contribution in [1.82, 2.24) is 5.48 Å². The highest BCUT2D eigenvalue weighted by molar-refractivity contribution is 5.66. The number of aliphatic hydroxyl groups is 2. The van der Waals surface area contributed by atoms with Crippen LogP contribution in [0.25, 0.3) is 0 Å². The zero-order chi connectivity index (χ0) is 20.4. The molecule has 2 rings (SSSR count). The lowest BCUT2D eigenvalue weighted by molar-refractivity contribution is -0.138. The van der Waals surface area contributed by atoms with E-state index < -0.39 is 18.2 Å². The van der Waals surface area contributed by atoms with E-state index in [-0.39, 0.29) is 24.9 Å². The highest BCUT2D eigenvalue weighted by Crippen LogP contribution is 2.48. The number of nitrogens with one attached hydrogen (secondary N) is 1. The number of aliphatic hydroxyl groups excluding tert-OH is 2. The van der Waals surface area contributed by atoms with Crippen molar-refractivity contribution in [2.24, 2.45) is 11.8 Å². The number of hydrogen-bond acceptors (Lipinski definition) is 5. The molecule has 6 nitrogen and oxygen atoms in total. The van der Waals surface area contributed by atoms with E-state index in [1.54, 1.807) is 0 Å². The summed E-state index contributed by atoms with van der Waals surface area (Å²) in [5.41, 5.74) is 4.86. The van der Waals surface area contributed by atoms with Crippen LogP contribution in [0.5, 0.6) is 0 Å². The standard InChI is InChI=1S/C22H35NO5/c1-2-3-4-5-6-7-8-9-16(24)10-11-17-18-14-20(19(18)15-21(17)25)23-28-13-12-22(26)27/h16-18,21,23-25H,2-9,12-15H2,1H3,(H,26,27). The lowest BCUT2D eigenvalue weighted by Gasteiger charge is -2.30. The number of carboxylic acids is 1. The quantitative estimate of drug-likeness (QED) is 0.218. The molecular formula is C22H35NO5. The maximum Gasteiger partial charge on any atom is 0.305 e. The average molecular weight is 394 g/mol. The number of hydroxylamine groups is 1. The van der Waals surface area contributed by atoms with Crippen molar-refractivity contribution in [1.29, 1.82) is 0 Å². The molecule has 0 amide bonds. The molecule has 4 atom stereocenters. The Morgan fingerprint density at radius 1 is 1.21 bits per heavy atom. The number of carboxylic acid groups (broad SMARTS) is 1. The van der Waals surface area contributed by atoms with Crippen LogP contribution in [0.3, 0.4) is 0 Å². The molecule has 4 unspecified atom stereocenters. The summed E-state index contributed by atoms with van der Waals surface area (Å²) >= 11 is 0. The van der Waals surface area contributed by atoms with Crippen LogP contribution in [-0.4, -0.2) is 40.1 Å². The highest BCUT2D eigenvalue weighted by atomic mass is 16.6. The number of aliphatic carboxylic acids is 1. The lowest BCUT2D eigenvalue weighted by Crippen LogP contribution is -2.30. The van der Waals surface area contributed by atoms with E-state index in [0.717, 1.165) is 30.5 Å². The fourth-order valence-electron chi connectivity index (χ4n) is 3.95. The van der Waals surface area contributed by atoms with Crippen LogP contribution < -0.4 is 5.48 Å². The van der Waals surface area contributed by atoms with Gasteiger partial charge in [0, 0.05) is 11.6 Å². The molecule has 158 valence electrons. The molecule has 2 aliphatic rings. The van der Waals surface area contributed by atoms with Gasteiger partial charge in [0.15, 0.2) is 0 Å². The third-order valence-corrected chi connectivity index (χ3v) is 5.65. The molecule has 1 fully saturated rings. The van der Waals surface area contributed by atoms with Crippen LogP contribution in [0.15, 0.2) is 11.3 Å². The average Bonchev–Trinajstić information content (AvgIpc) is 2.89. The summed E-state index contributed by atoms with van der Waals surface area (Å²) in [6.07, 6.45) is 9.31. The van der Waals surface area contributed by atoms with Gasteiger partial charge in [-0.3, -0.25) is 15.1 Å². The zero-order valence-electron chi connectivity index (χ0n) is 17.0. The molecule has 6 heteroatoms. The Kier molecular flexibility index (Phi) is 9.83. The molecule has 0 saturated heterocycles. The Bertz CT molecular complexity index is 591. The van der Waals surface area contributed by atoms with Crippen molar-refractivity contribution >= 4 is 5.97 Å². The van der Waals surface area contributed by atoms with Gasteiger partial charge >= 0.3 is 5.97 Å². The van der Waals surface area contributed by atoms with Gasteiger partial charge in [0.1, 0.15) is 6.10 Å². The molecule has 28 heavy (non-hydrogen) atoms. The van der Waals surface area contributed by atoms with E-state index in [9.17, 15) is 15.0 Å². The Hall–Kier alpha value is -1.55. The smallest absolute Gasteiger partial charge is 0.305 e. The summed E-state index contributed by atoms with van der Waals surface area (Å²) < 4.78 is 0. The number of fused-ring (bicyclic) bond motifs is 1. The molecule has 0 heterocycles. The van der Waals surface area contributed by atoms with Crippen LogP contribution in [0.2, 0.25) is 0 Å². The second-order valence-corrected chi connectivity index (χ2v) is 7.92. The lowest BCUT2D eigenvalue weighted by atomic mass is 9.79. The molecule has 0 aliphatic heterocycles. The fourth-order valence-corrected chi connectivity index (χ4v) is 3.95. The Morgan fingerprint density at radius 2 is 1.93 bits per heavy atom. The van der Waals surface area contributed by atoms with E-state index in [4.69, 9.17) is 9.94 Å². The molecule has 4 N–H and O–H groups in total. The van der Waals surface area contributed by atoms with Gasteiger partial charge in [-0.25, -0.2) is 0 Å². The van der Waals surface area contributed by atoms with Gasteiger partial charge in [-0.05, 0) is 31.3 Å². The van der Waals surface area contributed by atoms with Crippen LogP contribution in [0, 0.1) is 23.7 Å². The predicted molar refractivity (Wildman–Crippen MR) is 107 cm³/mol. The summed E-state index contributed by atoms with van der Waals surface area (Å²) in [5, 5.41) is 29.0. The van der Waals surface area contributed by atoms with Crippen molar-refractivity contribution in [3.8, 4) is 11.8 Å². The minimum Gasteiger partial charge on any atom is -0.481 e. The van der Waals surface area contributed by atoms with Crippen molar-refractivity contribution in [3.05, 3.63) is 11.3 Å². The molecule has 0 bridgehead atoms. The Morgan fingerprint density at radius 3 is 2.64 bits per heavy atom. The maximum absolute atomic E-state index is 10.5. The zero-order valence-corrected chi connectivity index (χ0v) is 17.0. The van der Waals surface area contributed by atoms with Gasteiger partial charge in [0.05, 0.1) is 25.0 Å². The van der Waals surface area contributed by atoms with Crippen LogP contribution in [-0.2, 0) is 9.63 Å². The molecule has 0 radical (unpaired) electrons. The van der Waals surface area contributed by atoms with Crippen molar-refractivity contribution < 1.29 is 25.0 Å². The van der Waals surface area contributed by atoms with E-state index in [1.807, 2.05) is 0 Å². The molecule has 0 aromatic rings. The fraction of sp³-hybridized carbons (Fsp3) is 0.773. The van der Waals surface area contributed by atoms with Crippen molar-refractivity contribution in [3.63, 3.8) is 0 Å². The third-order valence-electron chi connectivity index (χ3n) is 5.65. The second-order valence-electron chi connectivity index (χ2n) is 7.92. The first-order valence-corrected chi connectivity index (χ1v) is 10.7. The van der Waals surface area contributed by atoms with Crippen LogP contribution in [0.4, 0.5) is 0 Å². The van der Waals surface area contributed by atoms with Crippen LogP contribution >= 0.6 is 0 Å². The summed E-state index contributed by atoms with van der Waals surface area (Å²) in [6, 6.07) is 0. The maximum atomic E-state index is 10.5. The van der Waals surface area contributed by atoms with Crippen molar-refractivity contribution in [2.45, 2.75) is 89.8 Å². The first kappa shape index (κ1) is 22.7. The summed E-state index contributed by atoms with van der Waals surface area (Å²) in [6.45, 7) is 2.32. The molecular weight excluding hydrogens is 358 g/mol.